The van der Waals surface area contributed by atoms with E-state index in [9.17, 15) is 9.18 Å². The minimum atomic E-state index is -0.321. The van der Waals surface area contributed by atoms with Gasteiger partial charge in [0.25, 0.3) is 5.91 Å². The summed E-state index contributed by atoms with van der Waals surface area (Å²) in [6.45, 7) is 0.548. The van der Waals surface area contributed by atoms with Crippen LogP contribution in [0.2, 0.25) is 0 Å². The van der Waals surface area contributed by atoms with Crippen LogP contribution in [0, 0.1) is 5.82 Å². The molecule has 0 aliphatic heterocycles. The topological polar surface area (TPSA) is 45.3 Å². The Morgan fingerprint density at radius 3 is 2.72 bits per heavy atom. The first kappa shape index (κ1) is 15.7. The van der Waals surface area contributed by atoms with Crippen molar-refractivity contribution in [2.45, 2.75) is 25.4 Å². The number of nitrogens with one attached hydrogen (secondary N) is 1. The Labute approximate surface area is 145 Å². The monoisotopic (exact) mass is 338 g/mol. The van der Waals surface area contributed by atoms with Crippen molar-refractivity contribution < 1.29 is 13.9 Å². The van der Waals surface area contributed by atoms with E-state index in [1.807, 2.05) is 29.3 Å². The van der Waals surface area contributed by atoms with Crippen molar-refractivity contribution in [1.29, 1.82) is 0 Å². The maximum atomic E-state index is 12.9. The van der Waals surface area contributed by atoms with Gasteiger partial charge in [0.1, 0.15) is 11.6 Å². The van der Waals surface area contributed by atoms with Gasteiger partial charge in [-0.15, -0.1) is 0 Å². The second-order valence-electron chi connectivity index (χ2n) is 6.39. The van der Waals surface area contributed by atoms with Gasteiger partial charge in [0.2, 0.25) is 0 Å². The number of fused-ring (bicyclic) bond motifs is 1. The van der Waals surface area contributed by atoms with Crippen LogP contribution in [0.5, 0.6) is 5.75 Å². The summed E-state index contributed by atoms with van der Waals surface area (Å²) in [5, 5.41) is 1.14. The average Bonchev–Trinajstić information content (AvgIpc) is 3.36. The first-order chi connectivity index (χ1) is 12.2. The van der Waals surface area contributed by atoms with Crippen LogP contribution in [0.15, 0.2) is 54.7 Å². The van der Waals surface area contributed by atoms with E-state index in [-0.39, 0.29) is 18.3 Å². The number of ether oxygens (including phenoxy) is 1. The number of carbonyl (C=O) groups excluding carboxylic acids is 1. The molecule has 1 N–H and O–H groups in total. The van der Waals surface area contributed by atoms with Crippen molar-refractivity contribution in [2.75, 3.05) is 6.61 Å². The third-order valence-corrected chi connectivity index (χ3v) is 4.45. The third-order valence-electron chi connectivity index (χ3n) is 4.45. The summed E-state index contributed by atoms with van der Waals surface area (Å²) in [4.78, 5) is 17.7. The molecule has 1 saturated carbocycles. The first-order valence-electron chi connectivity index (χ1n) is 8.43. The summed E-state index contributed by atoms with van der Waals surface area (Å²) in [5.74, 6) is 0.138. The van der Waals surface area contributed by atoms with Gasteiger partial charge in [-0.2, -0.15) is 0 Å². The number of amides is 1. The molecule has 128 valence electrons. The number of hydrogen-bond acceptors (Lipinski definition) is 2. The van der Waals surface area contributed by atoms with Crippen LogP contribution in [0.3, 0.4) is 0 Å². The molecular formula is C20H19FN2O2. The molecule has 25 heavy (non-hydrogen) atoms. The van der Waals surface area contributed by atoms with Crippen molar-refractivity contribution in [3.8, 4) is 5.75 Å². The van der Waals surface area contributed by atoms with Crippen molar-refractivity contribution in [3.63, 3.8) is 0 Å². The molecular weight excluding hydrogens is 319 g/mol. The normalized spacial score (nSPS) is 13.8. The van der Waals surface area contributed by atoms with Crippen molar-refractivity contribution in [1.82, 2.24) is 9.88 Å². The largest absolute Gasteiger partial charge is 0.484 e. The van der Waals surface area contributed by atoms with Gasteiger partial charge in [-0.1, -0.05) is 6.07 Å². The summed E-state index contributed by atoms with van der Waals surface area (Å²) >= 11 is 0. The molecule has 2 aromatic carbocycles. The fourth-order valence-electron chi connectivity index (χ4n) is 2.96. The predicted molar refractivity (Wildman–Crippen MR) is 93.8 cm³/mol. The highest BCUT2D eigenvalue weighted by Crippen LogP contribution is 2.29. The van der Waals surface area contributed by atoms with E-state index in [1.165, 1.54) is 24.3 Å². The van der Waals surface area contributed by atoms with Gasteiger partial charge in [0.15, 0.2) is 6.61 Å². The lowest BCUT2D eigenvalue weighted by molar-refractivity contribution is -0.134. The molecule has 5 heteroatoms. The molecule has 4 nitrogen and oxygen atoms in total. The molecule has 4 rings (SSSR count). The van der Waals surface area contributed by atoms with Crippen molar-refractivity contribution in [2.24, 2.45) is 0 Å². The summed E-state index contributed by atoms with van der Waals surface area (Å²) in [7, 11) is 0. The molecule has 1 fully saturated rings. The molecule has 0 atom stereocenters. The number of hydrogen-bond donors (Lipinski definition) is 1. The van der Waals surface area contributed by atoms with Crippen LogP contribution in [0.4, 0.5) is 4.39 Å². The number of aromatic amines is 1. The molecule has 1 heterocycles. The molecule has 1 amide bonds. The minimum absolute atomic E-state index is 0.0332. The van der Waals surface area contributed by atoms with Gasteiger partial charge in [-0.3, -0.25) is 4.79 Å². The molecule has 0 saturated heterocycles. The molecule has 0 radical (unpaired) electrons. The first-order valence-corrected chi connectivity index (χ1v) is 8.43. The molecule has 1 aliphatic carbocycles. The maximum absolute atomic E-state index is 12.9. The van der Waals surface area contributed by atoms with Crippen LogP contribution in [-0.2, 0) is 11.3 Å². The van der Waals surface area contributed by atoms with Gasteiger partial charge >= 0.3 is 0 Å². The van der Waals surface area contributed by atoms with E-state index in [2.05, 4.69) is 11.1 Å². The Morgan fingerprint density at radius 1 is 1.16 bits per heavy atom. The lowest BCUT2D eigenvalue weighted by Crippen LogP contribution is -2.36. The third kappa shape index (κ3) is 3.65. The van der Waals surface area contributed by atoms with Crippen molar-refractivity contribution >= 4 is 16.8 Å². The molecule has 1 aliphatic rings. The highest BCUT2D eigenvalue weighted by Gasteiger charge is 2.32. The van der Waals surface area contributed by atoms with Gasteiger partial charge in [-0.25, -0.2) is 4.39 Å². The fraction of sp³-hybridized carbons (Fsp3) is 0.250. The Hall–Kier alpha value is -2.82. The van der Waals surface area contributed by atoms with Crippen LogP contribution < -0.4 is 4.74 Å². The highest BCUT2D eigenvalue weighted by atomic mass is 19.1. The van der Waals surface area contributed by atoms with E-state index in [0.717, 1.165) is 29.3 Å². The number of aromatic nitrogens is 1. The van der Waals surface area contributed by atoms with Gasteiger partial charge in [0, 0.05) is 24.3 Å². The lowest BCUT2D eigenvalue weighted by atomic mass is 10.1. The summed E-state index contributed by atoms with van der Waals surface area (Å²) in [6, 6.07) is 14.2. The van der Waals surface area contributed by atoms with Gasteiger partial charge in [0.05, 0.1) is 0 Å². The summed E-state index contributed by atoms with van der Waals surface area (Å²) in [5.41, 5.74) is 2.20. The van der Waals surface area contributed by atoms with Crippen LogP contribution >= 0.6 is 0 Å². The minimum Gasteiger partial charge on any atom is -0.484 e. The molecule has 0 unspecified atom stereocenters. The number of benzene rings is 2. The highest BCUT2D eigenvalue weighted by molar-refractivity contribution is 5.81. The quantitative estimate of drug-likeness (QED) is 0.741. The SMILES string of the molecule is O=C(COc1ccc(F)cc1)N(Cc1ccc2[nH]ccc2c1)C1CC1. The lowest BCUT2D eigenvalue weighted by Gasteiger charge is -2.22. The zero-order valence-electron chi connectivity index (χ0n) is 13.7. The Kier molecular flexibility index (Phi) is 4.14. The van der Waals surface area contributed by atoms with Gasteiger partial charge < -0.3 is 14.6 Å². The predicted octanol–water partition coefficient (Wildman–Crippen LogP) is 3.88. The number of halogens is 1. The second kappa shape index (κ2) is 6.59. The molecule has 3 aromatic rings. The van der Waals surface area contributed by atoms with E-state index in [4.69, 9.17) is 4.74 Å². The van der Waals surface area contributed by atoms with Crippen LogP contribution in [0.1, 0.15) is 18.4 Å². The Balaban J connectivity index is 1.43. The van der Waals surface area contributed by atoms with Crippen LogP contribution in [-0.4, -0.2) is 28.4 Å². The van der Waals surface area contributed by atoms with E-state index < -0.39 is 0 Å². The molecule has 0 spiro atoms. The zero-order chi connectivity index (χ0) is 17.2. The van der Waals surface area contributed by atoms with Crippen molar-refractivity contribution in [3.05, 3.63) is 66.1 Å². The molecule has 0 bridgehead atoms. The van der Waals surface area contributed by atoms with Gasteiger partial charge in [-0.05, 0) is 66.3 Å². The molecule has 1 aromatic heterocycles. The number of nitrogens with zero attached hydrogens (tertiary/aromatic N) is 1. The number of H-pyrrole nitrogens is 1. The number of carbonyl (C=O) groups is 1. The Bertz CT molecular complexity index is 884. The second-order valence-corrected chi connectivity index (χ2v) is 6.39. The Morgan fingerprint density at radius 2 is 1.96 bits per heavy atom. The van der Waals surface area contributed by atoms with E-state index in [1.54, 1.807) is 0 Å². The maximum Gasteiger partial charge on any atom is 0.261 e. The van der Waals surface area contributed by atoms with E-state index in [0.29, 0.717) is 18.3 Å². The van der Waals surface area contributed by atoms with E-state index >= 15 is 0 Å². The average molecular weight is 338 g/mol. The summed E-state index contributed by atoms with van der Waals surface area (Å²) in [6.07, 6.45) is 3.98. The standard InChI is InChI=1S/C20H19FN2O2/c21-16-2-6-18(7-3-16)25-13-20(24)23(17-4-5-17)12-14-1-8-19-15(11-14)9-10-22-19/h1-3,6-11,17,22H,4-5,12-13H2. The summed E-state index contributed by atoms with van der Waals surface area (Å²) < 4.78 is 18.4. The van der Waals surface area contributed by atoms with Crippen LogP contribution in [0.25, 0.3) is 10.9 Å². The fourth-order valence-corrected chi connectivity index (χ4v) is 2.96. The smallest absolute Gasteiger partial charge is 0.261 e. The zero-order valence-corrected chi connectivity index (χ0v) is 13.7. The number of rotatable bonds is 6.